The first-order valence-electron chi connectivity index (χ1n) is 28.6. The number of hydrogen-bond acceptors (Lipinski definition) is 5. The Morgan fingerprint density at radius 2 is 0.797 bits per heavy atom. The topological polar surface area (TPSA) is 95.9 Å². The van der Waals surface area contributed by atoms with E-state index in [0.29, 0.717) is 19.3 Å². The summed E-state index contributed by atoms with van der Waals surface area (Å²) in [7, 11) is 0. The lowest BCUT2D eigenvalue weighted by Gasteiger charge is -2.24. The number of aliphatic hydroxyl groups is 2. The molecular formula is C58H111NO5. The summed E-state index contributed by atoms with van der Waals surface area (Å²) in [5.41, 5.74) is 0. The van der Waals surface area contributed by atoms with Crippen LogP contribution in [0.1, 0.15) is 310 Å². The molecule has 0 aromatic rings. The molecule has 0 bridgehead atoms. The Morgan fingerprint density at radius 1 is 0.453 bits per heavy atom. The fraction of sp³-hybridized carbons (Fsp3) is 0.897. The van der Waals surface area contributed by atoms with E-state index in [1.807, 2.05) is 0 Å². The molecule has 6 nitrogen and oxygen atoms in total. The summed E-state index contributed by atoms with van der Waals surface area (Å²) >= 11 is 0. The zero-order valence-electron chi connectivity index (χ0n) is 43.2. The minimum atomic E-state index is -0.786. The predicted octanol–water partition coefficient (Wildman–Crippen LogP) is 17.5. The van der Waals surface area contributed by atoms with Gasteiger partial charge in [0.1, 0.15) is 6.10 Å². The Labute approximate surface area is 399 Å². The minimum absolute atomic E-state index is 0.0779. The minimum Gasteiger partial charge on any atom is -0.462 e. The Hall–Kier alpha value is -1.66. The molecule has 0 saturated heterocycles. The van der Waals surface area contributed by atoms with Crippen molar-refractivity contribution < 1.29 is 24.5 Å². The number of carbonyl (C=O) groups is 2. The fourth-order valence-electron chi connectivity index (χ4n) is 8.93. The summed E-state index contributed by atoms with van der Waals surface area (Å²) in [6.07, 6.45) is 61.0. The molecule has 3 N–H and O–H groups in total. The molecule has 0 saturated carbocycles. The first-order valence-corrected chi connectivity index (χ1v) is 28.6. The molecule has 3 unspecified atom stereocenters. The molecule has 64 heavy (non-hydrogen) atoms. The van der Waals surface area contributed by atoms with Crippen molar-refractivity contribution in [3.05, 3.63) is 24.3 Å². The van der Waals surface area contributed by atoms with Crippen LogP contribution in [0.15, 0.2) is 24.3 Å². The lowest BCUT2D eigenvalue weighted by atomic mass is 10.0. The quantitative estimate of drug-likeness (QED) is 0.0321. The van der Waals surface area contributed by atoms with Crippen LogP contribution in [-0.4, -0.2) is 46.9 Å². The van der Waals surface area contributed by atoms with Gasteiger partial charge in [0, 0.05) is 6.42 Å². The molecule has 0 aliphatic heterocycles. The van der Waals surface area contributed by atoms with Gasteiger partial charge in [-0.2, -0.15) is 0 Å². The maximum Gasteiger partial charge on any atom is 0.306 e. The van der Waals surface area contributed by atoms with Gasteiger partial charge in [-0.1, -0.05) is 263 Å². The van der Waals surface area contributed by atoms with Crippen LogP contribution in [0.3, 0.4) is 0 Å². The molecule has 0 aromatic heterocycles. The van der Waals surface area contributed by atoms with Crippen LogP contribution < -0.4 is 5.32 Å². The third-order valence-electron chi connectivity index (χ3n) is 13.3. The molecule has 0 heterocycles. The van der Waals surface area contributed by atoms with Crippen molar-refractivity contribution in [3.63, 3.8) is 0 Å². The number of amides is 1. The highest BCUT2D eigenvalue weighted by Gasteiger charge is 2.24. The molecule has 0 rings (SSSR count). The van der Waals surface area contributed by atoms with Gasteiger partial charge in [-0.3, -0.25) is 9.59 Å². The zero-order valence-corrected chi connectivity index (χ0v) is 43.2. The Balaban J connectivity index is 4.49. The van der Waals surface area contributed by atoms with E-state index >= 15 is 0 Å². The Bertz CT molecular complexity index is 1010. The second kappa shape index (κ2) is 52.3. The number of esters is 1. The zero-order chi connectivity index (χ0) is 46.7. The van der Waals surface area contributed by atoms with Gasteiger partial charge >= 0.3 is 5.97 Å². The summed E-state index contributed by atoms with van der Waals surface area (Å²) in [5, 5.41) is 23.9. The summed E-state index contributed by atoms with van der Waals surface area (Å²) in [5.74, 6) is -0.464. The highest BCUT2D eigenvalue weighted by atomic mass is 16.5. The second-order valence-corrected chi connectivity index (χ2v) is 19.7. The molecule has 0 aliphatic carbocycles. The van der Waals surface area contributed by atoms with Crippen molar-refractivity contribution in [1.82, 2.24) is 5.32 Å². The molecule has 0 aromatic carbocycles. The van der Waals surface area contributed by atoms with E-state index in [2.05, 4.69) is 50.4 Å². The largest absolute Gasteiger partial charge is 0.462 e. The van der Waals surface area contributed by atoms with Gasteiger partial charge in [-0.25, -0.2) is 0 Å². The third-order valence-corrected chi connectivity index (χ3v) is 13.3. The van der Waals surface area contributed by atoms with Gasteiger partial charge in [0.25, 0.3) is 0 Å². The number of hydrogen-bond donors (Lipinski definition) is 3. The summed E-state index contributed by atoms with van der Waals surface area (Å²) in [6.45, 7) is 6.49. The summed E-state index contributed by atoms with van der Waals surface area (Å²) < 4.78 is 5.95. The van der Waals surface area contributed by atoms with E-state index < -0.39 is 18.2 Å². The van der Waals surface area contributed by atoms with Crippen LogP contribution in [0, 0.1) is 0 Å². The number of rotatable bonds is 52. The lowest BCUT2D eigenvalue weighted by Crippen LogP contribution is -2.46. The van der Waals surface area contributed by atoms with Crippen molar-refractivity contribution in [2.24, 2.45) is 0 Å². The normalized spacial score (nSPS) is 13.3. The van der Waals surface area contributed by atoms with Crippen molar-refractivity contribution in [2.75, 3.05) is 6.61 Å². The first kappa shape index (κ1) is 62.3. The summed E-state index contributed by atoms with van der Waals surface area (Å²) in [4.78, 5) is 26.2. The molecule has 378 valence electrons. The van der Waals surface area contributed by atoms with Gasteiger partial charge < -0.3 is 20.3 Å². The average Bonchev–Trinajstić information content (AvgIpc) is 3.29. The van der Waals surface area contributed by atoms with Gasteiger partial charge in [0.2, 0.25) is 5.91 Å². The van der Waals surface area contributed by atoms with E-state index in [0.717, 1.165) is 64.2 Å². The molecule has 0 aliphatic rings. The SMILES string of the molecule is CCCCC/C=C\C/C=C\CCCCCCCCCC(CC(=O)NC(CO)C(O)CCCCCCCCCCCCCCCCCCC)OC(=O)CCCCCCCCCCCCC. The monoisotopic (exact) mass is 902 g/mol. The van der Waals surface area contributed by atoms with E-state index in [1.165, 1.54) is 199 Å². The number of unbranched alkanes of at least 4 members (excludes halogenated alkanes) is 36. The van der Waals surface area contributed by atoms with E-state index in [4.69, 9.17) is 4.74 Å². The summed E-state index contributed by atoms with van der Waals surface area (Å²) in [6, 6.07) is -0.700. The van der Waals surface area contributed by atoms with Gasteiger partial charge in [-0.15, -0.1) is 0 Å². The molecule has 6 heteroatoms. The standard InChI is InChI=1S/C58H111NO5/c1-4-7-10-13-16-19-22-24-26-28-30-32-35-37-40-43-46-49-54(64-58(63)51-48-45-42-39-34-21-18-15-12-9-6-3)52-57(62)59-55(53-60)56(61)50-47-44-41-38-36-33-31-29-27-25-23-20-17-14-11-8-5-2/h16,19,24,26,54-56,60-61H,4-15,17-18,20-23,25,27-53H2,1-3H3,(H,59,62)/b19-16-,26-24-. The van der Waals surface area contributed by atoms with Gasteiger partial charge in [0.15, 0.2) is 0 Å². The highest BCUT2D eigenvalue weighted by molar-refractivity contribution is 5.77. The highest BCUT2D eigenvalue weighted by Crippen LogP contribution is 2.19. The van der Waals surface area contributed by atoms with Crippen LogP contribution in [0.4, 0.5) is 0 Å². The predicted molar refractivity (Wildman–Crippen MR) is 278 cm³/mol. The molecule has 0 fully saturated rings. The van der Waals surface area contributed by atoms with Gasteiger partial charge in [-0.05, 0) is 57.8 Å². The van der Waals surface area contributed by atoms with Crippen molar-refractivity contribution in [1.29, 1.82) is 0 Å². The Kier molecular flexibility index (Phi) is 51.0. The fourth-order valence-corrected chi connectivity index (χ4v) is 8.93. The molecular weight excluding hydrogens is 791 g/mol. The van der Waals surface area contributed by atoms with Crippen LogP contribution >= 0.6 is 0 Å². The maximum atomic E-state index is 13.3. The molecule has 0 spiro atoms. The average molecular weight is 903 g/mol. The molecule has 0 radical (unpaired) electrons. The van der Waals surface area contributed by atoms with E-state index in [-0.39, 0.29) is 24.9 Å². The van der Waals surface area contributed by atoms with Crippen molar-refractivity contribution in [3.8, 4) is 0 Å². The van der Waals surface area contributed by atoms with Crippen molar-refractivity contribution >= 4 is 11.9 Å². The number of allylic oxidation sites excluding steroid dienone is 4. The Morgan fingerprint density at radius 3 is 1.22 bits per heavy atom. The number of nitrogens with one attached hydrogen (secondary N) is 1. The van der Waals surface area contributed by atoms with E-state index in [1.54, 1.807) is 0 Å². The lowest BCUT2D eigenvalue weighted by molar-refractivity contribution is -0.151. The third kappa shape index (κ3) is 46.9. The van der Waals surface area contributed by atoms with Crippen LogP contribution in [-0.2, 0) is 14.3 Å². The van der Waals surface area contributed by atoms with E-state index in [9.17, 15) is 19.8 Å². The smallest absolute Gasteiger partial charge is 0.306 e. The van der Waals surface area contributed by atoms with Crippen LogP contribution in [0.5, 0.6) is 0 Å². The number of ether oxygens (including phenoxy) is 1. The number of aliphatic hydroxyl groups excluding tert-OH is 2. The number of carbonyl (C=O) groups excluding carboxylic acids is 2. The second-order valence-electron chi connectivity index (χ2n) is 19.7. The maximum absolute atomic E-state index is 13.3. The first-order chi connectivity index (χ1) is 31.5. The van der Waals surface area contributed by atoms with Crippen LogP contribution in [0.25, 0.3) is 0 Å². The van der Waals surface area contributed by atoms with Crippen LogP contribution in [0.2, 0.25) is 0 Å². The van der Waals surface area contributed by atoms with Crippen molar-refractivity contribution in [2.45, 2.75) is 328 Å². The van der Waals surface area contributed by atoms with Gasteiger partial charge in [0.05, 0.1) is 25.2 Å². The molecule has 3 atom stereocenters. The molecule has 1 amide bonds.